The number of fused-ring (bicyclic) bond motifs is 1. The number of aromatic nitrogens is 3. The second-order valence-electron chi connectivity index (χ2n) is 9.20. The lowest BCUT2D eigenvalue weighted by atomic mass is 9.94. The van der Waals surface area contributed by atoms with E-state index in [1.807, 2.05) is 48.5 Å². The molecule has 1 aliphatic rings. The van der Waals surface area contributed by atoms with Gasteiger partial charge in [-0.1, -0.05) is 62.1 Å². The first kappa shape index (κ1) is 24.7. The number of para-hydroxylation sites is 1. The topological polar surface area (TPSA) is 89.4 Å². The molecule has 0 bridgehead atoms. The Labute approximate surface area is 206 Å². The molecule has 35 heavy (non-hydrogen) atoms. The summed E-state index contributed by atoms with van der Waals surface area (Å²) in [4.78, 5) is 29.2. The zero-order valence-corrected chi connectivity index (χ0v) is 20.7. The van der Waals surface area contributed by atoms with Crippen LogP contribution in [0.15, 0.2) is 48.5 Å². The minimum atomic E-state index is -0.749. The maximum atomic E-state index is 13.8. The third-order valence-electron chi connectivity index (χ3n) is 6.70. The predicted octanol–water partition coefficient (Wildman–Crippen LogP) is 4.26. The minimum Gasteiger partial charge on any atom is -0.497 e. The third kappa shape index (κ3) is 5.99. The van der Waals surface area contributed by atoms with Crippen LogP contribution in [-0.2, 0) is 16.1 Å². The molecule has 1 fully saturated rings. The van der Waals surface area contributed by atoms with Crippen LogP contribution >= 0.6 is 0 Å². The number of amides is 2. The van der Waals surface area contributed by atoms with E-state index in [-0.39, 0.29) is 24.4 Å². The Bertz CT molecular complexity index is 1140. The summed E-state index contributed by atoms with van der Waals surface area (Å²) >= 11 is 0. The number of hydrogen-bond acceptors (Lipinski definition) is 5. The molecular formula is C27H35N5O3. The molecule has 1 atom stereocenters. The molecule has 1 aromatic heterocycles. The van der Waals surface area contributed by atoms with Crippen LogP contribution in [0.25, 0.3) is 11.0 Å². The molecule has 2 amide bonds. The predicted molar refractivity (Wildman–Crippen MR) is 135 cm³/mol. The fraction of sp³-hybridized carbons (Fsp3) is 0.481. The quantitative estimate of drug-likeness (QED) is 0.471. The van der Waals surface area contributed by atoms with Crippen LogP contribution in [0.1, 0.15) is 63.5 Å². The van der Waals surface area contributed by atoms with E-state index in [2.05, 4.69) is 22.6 Å². The van der Waals surface area contributed by atoms with Crippen LogP contribution < -0.4 is 10.1 Å². The van der Waals surface area contributed by atoms with Gasteiger partial charge in [-0.25, -0.2) is 4.68 Å². The van der Waals surface area contributed by atoms with Crippen LogP contribution in [0.5, 0.6) is 5.75 Å². The van der Waals surface area contributed by atoms with Gasteiger partial charge in [-0.15, -0.1) is 5.10 Å². The molecule has 3 aromatic rings. The van der Waals surface area contributed by atoms with Crippen LogP contribution in [0.2, 0.25) is 0 Å². The van der Waals surface area contributed by atoms with Crippen molar-refractivity contribution in [3.8, 4) is 5.75 Å². The first-order valence-corrected chi connectivity index (χ1v) is 12.6. The van der Waals surface area contributed by atoms with Gasteiger partial charge in [0.15, 0.2) is 0 Å². The van der Waals surface area contributed by atoms with Crippen molar-refractivity contribution in [2.24, 2.45) is 0 Å². The van der Waals surface area contributed by atoms with Crippen molar-refractivity contribution in [1.29, 1.82) is 0 Å². The van der Waals surface area contributed by atoms with E-state index < -0.39 is 6.04 Å². The largest absolute Gasteiger partial charge is 0.497 e. The van der Waals surface area contributed by atoms with Gasteiger partial charge in [-0.3, -0.25) is 9.59 Å². The highest BCUT2D eigenvalue weighted by atomic mass is 16.5. The molecular weight excluding hydrogens is 442 g/mol. The Morgan fingerprint density at radius 1 is 1.14 bits per heavy atom. The maximum Gasteiger partial charge on any atom is 0.247 e. The summed E-state index contributed by atoms with van der Waals surface area (Å²) < 4.78 is 7.04. The number of carbonyl (C=O) groups is 2. The van der Waals surface area contributed by atoms with Crippen molar-refractivity contribution < 1.29 is 14.3 Å². The van der Waals surface area contributed by atoms with Gasteiger partial charge < -0.3 is 15.0 Å². The first-order chi connectivity index (χ1) is 17.1. The molecule has 2 aromatic carbocycles. The van der Waals surface area contributed by atoms with Crippen LogP contribution in [0.3, 0.4) is 0 Å². The molecule has 1 N–H and O–H groups in total. The summed E-state index contributed by atoms with van der Waals surface area (Å²) in [5.41, 5.74) is 2.27. The normalized spacial score (nSPS) is 15.0. The van der Waals surface area contributed by atoms with Crippen LogP contribution in [-0.4, -0.2) is 51.4 Å². The second-order valence-corrected chi connectivity index (χ2v) is 9.20. The number of hydrogen-bond donors (Lipinski definition) is 1. The minimum absolute atomic E-state index is 0.0153. The molecule has 0 unspecified atom stereocenters. The lowest BCUT2D eigenvalue weighted by molar-refractivity contribution is -0.142. The Balaban J connectivity index is 1.66. The van der Waals surface area contributed by atoms with Gasteiger partial charge in [-0.05, 0) is 49.1 Å². The Morgan fingerprint density at radius 2 is 1.94 bits per heavy atom. The van der Waals surface area contributed by atoms with Crippen LogP contribution in [0.4, 0.5) is 0 Å². The average Bonchev–Trinajstić information content (AvgIpc) is 3.29. The fourth-order valence-corrected chi connectivity index (χ4v) is 4.79. The van der Waals surface area contributed by atoms with E-state index in [1.54, 1.807) is 16.7 Å². The van der Waals surface area contributed by atoms with E-state index in [1.165, 1.54) is 6.42 Å². The highest BCUT2D eigenvalue weighted by Crippen LogP contribution is 2.27. The van der Waals surface area contributed by atoms with E-state index in [4.69, 9.17) is 4.74 Å². The van der Waals surface area contributed by atoms with Gasteiger partial charge in [-0.2, -0.15) is 0 Å². The molecule has 8 nitrogen and oxygen atoms in total. The standard InChI is InChI=1S/C27H35N5O3/c1-3-4-17-31(25(33)19-32-24-16-9-8-15-23(24)29-30-32)26(20-11-10-14-22(18-20)35-2)27(34)28-21-12-6-5-7-13-21/h8-11,14-16,18,21,26H,3-7,12-13,17,19H2,1-2H3,(H,28,34)/t26-/m0/s1. The van der Waals surface area contributed by atoms with Gasteiger partial charge in [0.2, 0.25) is 11.8 Å². The SMILES string of the molecule is CCCCN(C(=O)Cn1nnc2ccccc21)[C@H](C(=O)NC1CCCCC1)c1cccc(OC)c1. The maximum absolute atomic E-state index is 13.8. The number of nitrogens with zero attached hydrogens (tertiary/aromatic N) is 4. The zero-order chi connectivity index (χ0) is 24.6. The summed E-state index contributed by atoms with van der Waals surface area (Å²) in [5.74, 6) is 0.349. The molecule has 4 rings (SSSR count). The highest BCUT2D eigenvalue weighted by Gasteiger charge is 2.33. The lowest BCUT2D eigenvalue weighted by Gasteiger charge is -2.33. The Kier molecular flexibility index (Phi) is 8.34. The summed E-state index contributed by atoms with van der Waals surface area (Å²) in [7, 11) is 1.60. The number of ether oxygens (including phenoxy) is 1. The van der Waals surface area contributed by atoms with E-state index >= 15 is 0 Å². The van der Waals surface area contributed by atoms with E-state index in [9.17, 15) is 9.59 Å². The fourth-order valence-electron chi connectivity index (χ4n) is 4.79. The summed E-state index contributed by atoms with van der Waals surface area (Å²) in [6.45, 7) is 2.57. The van der Waals surface area contributed by atoms with Crippen molar-refractivity contribution in [3.63, 3.8) is 0 Å². The summed E-state index contributed by atoms with van der Waals surface area (Å²) in [5, 5.41) is 11.6. The third-order valence-corrected chi connectivity index (χ3v) is 6.70. The number of methoxy groups -OCH3 is 1. The number of rotatable bonds is 10. The van der Waals surface area contributed by atoms with Crippen molar-refractivity contribution in [2.45, 2.75) is 70.5 Å². The Hall–Kier alpha value is -3.42. The molecule has 0 spiro atoms. The van der Waals surface area contributed by atoms with Gasteiger partial charge in [0.25, 0.3) is 0 Å². The molecule has 0 aliphatic heterocycles. The van der Waals surface area contributed by atoms with Gasteiger partial charge in [0, 0.05) is 12.6 Å². The molecule has 186 valence electrons. The van der Waals surface area contributed by atoms with Gasteiger partial charge in [0.1, 0.15) is 23.9 Å². The monoisotopic (exact) mass is 477 g/mol. The first-order valence-electron chi connectivity index (χ1n) is 12.6. The van der Waals surface area contributed by atoms with Crippen molar-refractivity contribution in [1.82, 2.24) is 25.2 Å². The second kappa shape index (κ2) is 11.8. The van der Waals surface area contributed by atoms with Crippen molar-refractivity contribution >= 4 is 22.8 Å². The van der Waals surface area contributed by atoms with Crippen molar-refractivity contribution in [3.05, 3.63) is 54.1 Å². The lowest BCUT2D eigenvalue weighted by Crippen LogP contribution is -2.48. The van der Waals surface area contributed by atoms with Crippen molar-refractivity contribution in [2.75, 3.05) is 13.7 Å². The molecule has 1 heterocycles. The summed E-state index contributed by atoms with van der Waals surface area (Å²) in [6.07, 6.45) is 7.10. The van der Waals surface area contributed by atoms with Crippen LogP contribution in [0, 0.1) is 0 Å². The molecule has 0 radical (unpaired) electrons. The van der Waals surface area contributed by atoms with Gasteiger partial charge >= 0.3 is 0 Å². The number of nitrogens with one attached hydrogen (secondary N) is 1. The van der Waals surface area contributed by atoms with Gasteiger partial charge in [0.05, 0.1) is 12.6 Å². The summed E-state index contributed by atoms with van der Waals surface area (Å²) in [6, 6.07) is 14.4. The highest BCUT2D eigenvalue weighted by molar-refractivity contribution is 5.89. The zero-order valence-electron chi connectivity index (χ0n) is 20.7. The molecule has 0 saturated heterocycles. The average molecular weight is 478 g/mol. The molecule has 8 heteroatoms. The van der Waals surface area contributed by atoms with E-state index in [0.717, 1.165) is 55.1 Å². The number of benzene rings is 2. The molecule has 1 saturated carbocycles. The molecule has 1 aliphatic carbocycles. The Morgan fingerprint density at radius 3 is 2.71 bits per heavy atom. The number of carbonyl (C=O) groups excluding carboxylic acids is 2. The van der Waals surface area contributed by atoms with E-state index in [0.29, 0.717) is 12.3 Å². The smallest absolute Gasteiger partial charge is 0.247 e. The number of unbranched alkanes of at least 4 members (excludes halogenated alkanes) is 1.